The van der Waals surface area contributed by atoms with Gasteiger partial charge >= 0.3 is 5.97 Å². The lowest BCUT2D eigenvalue weighted by atomic mass is 10.2. The van der Waals surface area contributed by atoms with E-state index in [1.165, 1.54) is 35.5 Å². The molecular weight excluding hydrogens is 416 g/mol. The first-order valence-electron chi connectivity index (χ1n) is 10.5. The number of hydrogen-bond donors (Lipinski definition) is 1. The maximum Gasteiger partial charge on any atom is 0.308 e. The van der Waals surface area contributed by atoms with Crippen LogP contribution in [0.15, 0.2) is 53.4 Å². The van der Waals surface area contributed by atoms with Crippen LogP contribution in [-0.2, 0) is 14.8 Å². The van der Waals surface area contributed by atoms with Gasteiger partial charge in [0.1, 0.15) is 5.75 Å². The van der Waals surface area contributed by atoms with Gasteiger partial charge in [-0.1, -0.05) is 26.7 Å². The summed E-state index contributed by atoms with van der Waals surface area (Å²) in [5.41, 5.74) is 0.875. The van der Waals surface area contributed by atoms with Gasteiger partial charge in [-0.2, -0.15) is 4.31 Å². The van der Waals surface area contributed by atoms with E-state index in [2.05, 4.69) is 5.32 Å². The number of carbonyl (C=O) groups excluding carboxylic acids is 2. The van der Waals surface area contributed by atoms with Gasteiger partial charge in [0, 0.05) is 31.3 Å². The minimum absolute atomic E-state index is 0.212. The molecule has 0 saturated heterocycles. The molecule has 2 rings (SSSR count). The van der Waals surface area contributed by atoms with Crippen LogP contribution >= 0.6 is 0 Å². The quantitative estimate of drug-likeness (QED) is 0.406. The molecule has 168 valence electrons. The van der Waals surface area contributed by atoms with Gasteiger partial charge in [-0.3, -0.25) is 9.59 Å². The maximum absolute atomic E-state index is 13.0. The summed E-state index contributed by atoms with van der Waals surface area (Å²) in [6.07, 6.45) is 3.47. The molecule has 2 aromatic rings. The third kappa shape index (κ3) is 7.18. The van der Waals surface area contributed by atoms with Crippen molar-refractivity contribution in [3.8, 4) is 5.75 Å². The van der Waals surface area contributed by atoms with Crippen molar-refractivity contribution in [1.82, 2.24) is 4.31 Å². The number of esters is 1. The lowest BCUT2D eigenvalue weighted by molar-refractivity contribution is -0.131. The van der Waals surface area contributed by atoms with Crippen LogP contribution in [0.25, 0.3) is 0 Å². The van der Waals surface area contributed by atoms with Crippen molar-refractivity contribution in [3.05, 3.63) is 54.1 Å². The van der Waals surface area contributed by atoms with E-state index < -0.39 is 16.0 Å². The Balaban J connectivity index is 2.09. The highest BCUT2D eigenvalue weighted by Crippen LogP contribution is 2.20. The molecule has 2 aromatic carbocycles. The third-order valence-electron chi connectivity index (χ3n) is 4.65. The second-order valence-electron chi connectivity index (χ2n) is 7.21. The van der Waals surface area contributed by atoms with E-state index in [0.29, 0.717) is 30.1 Å². The Hall–Kier alpha value is -2.71. The summed E-state index contributed by atoms with van der Waals surface area (Å²) in [6, 6.07) is 12.4. The Bertz CT molecular complexity index is 962. The fourth-order valence-corrected chi connectivity index (χ4v) is 4.44. The molecule has 1 amide bonds. The highest BCUT2D eigenvalue weighted by atomic mass is 32.2. The second kappa shape index (κ2) is 11.6. The summed E-state index contributed by atoms with van der Waals surface area (Å²) in [5.74, 6) is -0.429. The molecule has 8 heteroatoms. The Kier molecular flexibility index (Phi) is 9.21. The van der Waals surface area contributed by atoms with Crippen LogP contribution in [0, 0.1) is 0 Å². The van der Waals surface area contributed by atoms with Gasteiger partial charge in [0.05, 0.1) is 4.90 Å². The Morgan fingerprint density at radius 3 is 1.94 bits per heavy atom. The topological polar surface area (TPSA) is 92.8 Å². The Morgan fingerprint density at radius 1 is 0.903 bits per heavy atom. The van der Waals surface area contributed by atoms with E-state index in [1.54, 1.807) is 24.3 Å². The smallest absolute Gasteiger partial charge is 0.308 e. The molecule has 0 radical (unpaired) electrons. The van der Waals surface area contributed by atoms with Crippen molar-refractivity contribution >= 4 is 27.6 Å². The molecule has 0 saturated carbocycles. The summed E-state index contributed by atoms with van der Waals surface area (Å²) >= 11 is 0. The van der Waals surface area contributed by atoms with Crippen LogP contribution in [0.3, 0.4) is 0 Å². The molecule has 0 fully saturated rings. The van der Waals surface area contributed by atoms with Crippen molar-refractivity contribution in [2.75, 3.05) is 18.4 Å². The first-order valence-corrected chi connectivity index (χ1v) is 11.9. The zero-order valence-electron chi connectivity index (χ0n) is 18.3. The van der Waals surface area contributed by atoms with Crippen LogP contribution in [0.1, 0.15) is 56.8 Å². The highest BCUT2D eigenvalue weighted by Gasteiger charge is 2.23. The van der Waals surface area contributed by atoms with E-state index in [-0.39, 0.29) is 10.8 Å². The number of rotatable bonds is 11. The van der Waals surface area contributed by atoms with Gasteiger partial charge < -0.3 is 10.1 Å². The molecule has 0 bridgehead atoms. The number of carbonyl (C=O) groups is 2. The summed E-state index contributed by atoms with van der Waals surface area (Å²) in [6.45, 7) is 6.37. The predicted octanol–water partition coefficient (Wildman–Crippen LogP) is 4.46. The fraction of sp³-hybridized carbons (Fsp3) is 0.391. The maximum atomic E-state index is 13.0. The van der Waals surface area contributed by atoms with Gasteiger partial charge in [0.15, 0.2) is 0 Å². The number of ether oxygens (including phenoxy) is 1. The Morgan fingerprint density at radius 2 is 1.45 bits per heavy atom. The number of nitrogens with one attached hydrogen (secondary N) is 1. The predicted molar refractivity (Wildman–Crippen MR) is 121 cm³/mol. The standard InChI is InChI=1S/C23H30N2O5S/c1-4-6-16-25(17-7-5-2)31(28,29)22-14-10-20(11-15-22)24-23(27)19-8-12-21(13-9-19)30-18(3)26/h8-15H,4-7,16-17H2,1-3H3,(H,24,27). The number of sulfonamides is 1. The molecule has 0 aliphatic heterocycles. The molecule has 0 spiro atoms. The monoisotopic (exact) mass is 446 g/mol. The zero-order valence-corrected chi connectivity index (χ0v) is 19.1. The van der Waals surface area contributed by atoms with Gasteiger partial charge in [0.2, 0.25) is 10.0 Å². The van der Waals surface area contributed by atoms with Crippen molar-refractivity contribution in [2.45, 2.75) is 51.3 Å². The fourth-order valence-electron chi connectivity index (χ4n) is 2.92. The number of hydrogen-bond acceptors (Lipinski definition) is 5. The minimum Gasteiger partial charge on any atom is -0.427 e. The van der Waals surface area contributed by atoms with E-state index in [9.17, 15) is 18.0 Å². The minimum atomic E-state index is -3.58. The van der Waals surface area contributed by atoms with Crippen LogP contribution in [0.2, 0.25) is 0 Å². The molecular formula is C23H30N2O5S. The number of anilines is 1. The normalized spacial score (nSPS) is 11.4. The average Bonchev–Trinajstić information content (AvgIpc) is 2.74. The average molecular weight is 447 g/mol. The largest absolute Gasteiger partial charge is 0.427 e. The van der Waals surface area contributed by atoms with Crippen LogP contribution in [0.4, 0.5) is 5.69 Å². The van der Waals surface area contributed by atoms with E-state index in [0.717, 1.165) is 25.7 Å². The molecule has 1 N–H and O–H groups in total. The van der Waals surface area contributed by atoms with Crippen molar-refractivity contribution in [1.29, 1.82) is 0 Å². The van der Waals surface area contributed by atoms with Crippen molar-refractivity contribution in [2.24, 2.45) is 0 Å². The summed E-state index contributed by atoms with van der Waals surface area (Å²) in [4.78, 5) is 23.6. The number of unbranched alkanes of at least 4 members (excludes halogenated alkanes) is 2. The van der Waals surface area contributed by atoms with Crippen molar-refractivity contribution < 1.29 is 22.7 Å². The highest BCUT2D eigenvalue weighted by molar-refractivity contribution is 7.89. The second-order valence-corrected chi connectivity index (χ2v) is 9.15. The first-order chi connectivity index (χ1) is 14.8. The van der Waals surface area contributed by atoms with Gasteiger partial charge in [-0.25, -0.2) is 8.42 Å². The Labute approximate surface area is 184 Å². The van der Waals surface area contributed by atoms with Gasteiger partial charge in [0.25, 0.3) is 5.91 Å². The van der Waals surface area contributed by atoms with Gasteiger partial charge in [-0.05, 0) is 61.4 Å². The molecule has 0 aliphatic carbocycles. The number of nitrogens with zero attached hydrogens (tertiary/aromatic N) is 1. The van der Waals surface area contributed by atoms with Crippen molar-refractivity contribution in [3.63, 3.8) is 0 Å². The van der Waals surface area contributed by atoms with E-state index in [4.69, 9.17) is 4.74 Å². The van der Waals surface area contributed by atoms with E-state index in [1.807, 2.05) is 13.8 Å². The number of benzene rings is 2. The summed E-state index contributed by atoms with van der Waals surface area (Å²) in [5, 5.41) is 2.74. The van der Waals surface area contributed by atoms with Crippen LogP contribution < -0.4 is 10.1 Å². The molecule has 0 heterocycles. The zero-order chi connectivity index (χ0) is 22.9. The molecule has 0 unspecified atom stereocenters. The van der Waals surface area contributed by atoms with Crippen LogP contribution in [0.5, 0.6) is 5.75 Å². The summed E-state index contributed by atoms with van der Waals surface area (Å²) in [7, 11) is -3.58. The first kappa shape index (κ1) is 24.6. The molecule has 0 aromatic heterocycles. The van der Waals surface area contributed by atoms with Crippen LogP contribution in [-0.4, -0.2) is 37.7 Å². The lowest BCUT2D eigenvalue weighted by Gasteiger charge is -2.22. The number of amides is 1. The van der Waals surface area contributed by atoms with Gasteiger partial charge in [-0.15, -0.1) is 0 Å². The summed E-state index contributed by atoms with van der Waals surface area (Å²) < 4.78 is 32.5. The molecule has 7 nitrogen and oxygen atoms in total. The van der Waals surface area contributed by atoms with E-state index >= 15 is 0 Å². The third-order valence-corrected chi connectivity index (χ3v) is 6.56. The molecule has 31 heavy (non-hydrogen) atoms. The molecule has 0 atom stereocenters. The SMILES string of the molecule is CCCCN(CCCC)S(=O)(=O)c1ccc(NC(=O)c2ccc(OC(C)=O)cc2)cc1. The lowest BCUT2D eigenvalue weighted by Crippen LogP contribution is -2.33. The molecule has 0 aliphatic rings.